The fourth-order valence-electron chi connectivity index (χ4n) is 6.64. The number of hydrogen-bond donors (Lipinski definition) is 3. The van der Waals surface area contributed by atoms with Crippen molar-refractivity contribution in [1.29, 1.82) is 0 Å². The first-order chi connectivity index (χ1) is 25.5. The third kappa shape index (κ3) is 8.34. The van der Waals surface area contributed by atoms with Crippen molar-refractivity contribution in [3.63, 3.8) is 0 Å². The topological polar surface area (TPSA) is 78.4 Å². The summed E-state index contributed by atoms with van der Waals surface area (Å²) in [6, 6.07) is 60.8. The highest BCUT2D eigenvalue weighted by Gasteiger charge is 2.39. The molecule has 1 amide bonds. The molecule has 6 aromatic rings. The van der Waals surface area contributed by atoms with E-state index >= 15 is 0 Å². The fraction of sp³-hybridized carbons (Fsp3) is 0.156. The van der Waals surface area contributed by atoms with Gasteiger partial charge in [0, 0.05) is 18.1 Å². The van der Waals surface area contributed by atoms with Gasteiger partial charge in [-0.05, 0) is 33.4 Å². The van der Waals surface area contributed by atoms with E-state index in [1.165, 1.54) is 28.5 Å². The van der Waals surface area contributed by atoms with E-state index in [4.69, 9.17) is 0 Å². The first-order valence-electron chi connectivity index (χ1n) is 17.4. The van der Waals surface area contributed by atoms with E-state index < -0.39 is 21.5 Å². The van der Waals surface area contributed by atoms with E-state index in [0.717, 1.165) is 16.7 Å². The number of rotatable bonds is 17. The molecule has 0 aliphatic heterocycles. The Morgan fingerprint density at radius 2 is 0.808 bits per heavy atom. The summed E-state index contributed by atoms with van der Waals surface area (Å²) in [6.07, 6.45) is 0. The average Bonchev–Trinajstić information content (AvgIpc) is 3.21. The largest absolute Gasteiger partial charge is 0.480 e. The second-order valence-electron chi connectivity index (χ2n) is 12.4. The van der Waals surface area contributed by atoms with Gasteiger partial charge in [0.1, 0.15) is 6.04 Å². The summed E-state index contributed by atoms with van der Waals surface area (Å²) < 4.78 is -1.15. The lowest BCUT2D eigenvalue weighted by Crippen LogP contribution is -2.47. The lowest BCUT2D eigenvalue weighted by atomic mass is 9.84. The van der Waals surface area contributed by atoms with E-state index in [9.17, 15) is 14.7 Å². The first kappa shape index (κ1) is 36.7. The van der Waals surface area contributed by atoms with Gasteiger partial charge in [-0.25, -0.2) is 4.79 Å². The zero-order chi connectivity index (χ0) is 36.1. The molecule has 0 aliphatic carbocycles. The molecule has 0 radical (unpaired) electrons. The van der Waals surface area contributed by atoms with E-state index in [0.29, 0.717) is 12.3 Å². The van der Waals surface area contributed by atoms with E-state index in [1.807, 2.05) is 84.6 Å². The summed E-state index contributed by atoms with van der Waals surface area (Å²) in [5.41, 5.74) is 6.62. The van der Waals surface area contributed by atoms with Crippen molar-refractivity contribution >= 4 is 35.4 Å². The van der Waals surface area contributed by atoms with Gasteiger partial charge in [0.15, 0.2) is 0 Å². The number of thioether (sulfide) groups is 2. The highest BCUT2D eigenvalue weighted by atomic mass is 32.2. The SMILES string of the molecule is O=C(CNCCSC(c1ccccc1)(c1ccccc1)c1ccccc1)N[C@@H](CSC(c1ccccc1)(c1ccccc1)c1ccccc1)C(=O)O. The summed E-state index contributed by atoms with van der Waals surface area (Å²) in [5, 5.41) is 16.4. The smallest absolute Gasteiger partial charge is 0.327 e. The predicted molar refractivity (Wildman–Crippen MR) is 216 cm³/mol. The van der Waals surface area contributed by atoms with Crippen LogP contribution < -0.4 is 10.6 Å². The van der Waals surface area contributed by atoms with Crippen LogP contribution in [0.2, 0.25) is 0 Å². The van der Waals surface area contributed by atoms with Crippen LogP contribution in [0.15, 0.2) is 182 Å². The van der Waals surface area contributed by atoms with E-state index in [1.54, 1.807) is 0 Å². The molecule has 3 N–H and O–H groups in total. The summed E-state index contributed by atoms with van der Waals surface area (Å²) in [6.45, 7) is 0.559. The minimum absolute atomic E-state index is 0.00517. The molecular formula is C45H42N2O3S2. The second kappa shape index (κ2) is 17.9. The number of carbonyl (C=O) groups excluding carboxylic acids is 1. The quantitative estimate of drug-likeness (QED) is 0.0647. The monoisotopic (exact) mass is 722 g/mol. The number of aliphatic carboxylic acids is 1. The van der Waals surface area contributed by atoms with Gasteiger partial charge in [0.05, 0.1) is 16.0 Å². The maximum absolute atomic E-state index is 13.3. The highest BCUT2D eigenvalue weighted by molar-refractivity contribution is 8.01. The fourth-order valence-corrected chi connectivity index (χ4v) is 9.66. The molecule has 262 valence electrons. The van der Waals surface area contributed by atoms with Crippen LogP contribution in [0.4, 0.5) is 0 Å². The van der Waals surface area contributed by atoms with Crippen molar-refractivity contribution in [1.82, 2.24) is 10.6 Å². The van der Waals surface area contributed by atoms with Crippen LogP contribution in [-0.2, 0) is 19.1 Å². The molecule has 6 rings (SSSR count). The molecule has 0 saturated heterocycles. The van der Waals surface area contributed by atoms with Gasteiger partial charge >= 0.3 is 5.97 Å². The Kier molecular flexibility index (Phi) is 12.6. The van der Waals surface area contributed by atoms with Gasteiger partial charge in [0.2, 0.25) is 5.91 Å². The molecule has 6 aromatic carbocycles. The summed E-state index contributed by atoms with van der Waals surface area (Å²) >= 11 is 3.33. The number of amides is 1. The van der Waals surface area contributed by atoms with Crippen LogP contribution in [-0.4, -0.2) is 47.6 Å². The van der Waals surface area contributed by atoms with Crippen LogP contribution in [0.3, 0.4) is 0 Å². The summed E-state index contributed by atoms with van der Waals surface area (Å²) in [7, 11) is 0. The third-order valence-corrected chi connectivity index (χ3v) is 12.3. The molecule has 0 unspecified atom stereocenters. The molecule has 1 atom stereocenters. The number of carbonyl (C=O) groups is 2. The normalized spacial score (nSPS) is 12.2. The summed E-state index contributed by atoms with van der Waals surface area (Å²) in [5.74, 6) is -0.567. The van der Waals surface area contributed by atoms with Crippen LogP contribution >= 0.6 is 23.5 Å². The predicted octanol–water partition coefficient (Wildman–Crippen LogP) is 8.60. The number of benzene rings is 6. The number of hydrogen-bond acceptors (Lipinski definition) is 5. The van der Waals surface area contributed by atoms with E-state index in [2.05, 4.69) is 120 Å². The van der Waals surface area contributed by atoms with Crippen LogP contribution in [0.1, 0.15) is 33.4 Å². The van der Waals surface area contributed by atoms with Gasteiger partial charge < -0.3 is 15.7 Å². The molecule has 0 bridgehead atoms. The molecule has 0 heterocycles. The van der Waals surface area contributed by atoms with Crippen molar-refractivity contribution < 1.29 is 14.7 Å². The molecule has 5 nitrogen and oxygen atoms in total. The lowest BCUT2D eigenvalue weighted by molar-refractivity contribution is -0.140. The number of carboxylic acids is 1. The molecule has 52 heavy (non-hydrogen) atoms. The zero-order valence-corrected chi connectivity index (χ0v) is 30.4. The Morgan fingerprint density at radius 3 is 1.12 bits per heavy atom. The lowest BCUT2D eigenvalue weighted by Gasteiger charge is -2.36. The van der Waals surface area contributed by atoms with Gasteiger partial charge in [-0.2, -0.15) is 0 Å². The molecule has 0 fully saturated rings. The molecule has 0 aliphatic rings. The van der Waals surface area contributed by atoms with Crippen molar-refractivity contribution in [2.45, 2.75) is 15.5 Å². The maximum Gasteiger partial charge on any atom is 0.327 e. The number of carboxylic acid groups (broad SMARTS) is 1. The zero-order valence-electron chi connectivity index (χ0n) is 28.8. The van der Waals surface area contributed by atoms with Crippen molar-refractivity contribution in [3.05, 3.63) is 215 Å². The standard InChI is InChI=1S/C45H42N2O3S2/c48-42(33-46-31-32-51-44(35-19-7-1-8-20-35,36-21-9-2-10-22-36)37-23-11-3-12-24-37)47-41(43(49)50)34-52-45(38-25-13-4-14-26-38,39-27-15-5-16-28-39)40-29-17-6-18-30-40/h1-30,41,46H,31-34H2,(H,47,48)(H,49,50)/t41-/m0/s1. The van der Waals surface area contributed by atoms with Crippen molar-refractivity contribution in [2.75, 3.05) is 24.6 Å². The van der Waals surface area contributed by atoms with Crippen LogP contribution in [0.25, 0.3) is 0 Å². The third-order valence-electron chi connectivity index (χ3n) is 9.06. The van der Waals surface area contributed by atoms with E-state index in [-0.39, 0.29) is 18.2 Å². The second-order valence-corrected chi connectivity index (χ2v) is 14.9. The maximum atomic E-state index is 13.3. The Balaban J connectivity index is 1.14. The Hall–Kier alpha value is -5.08. The van der Waals surface area contributed by atoms with Gasteiger partial charge in [0.25, 0.3) is 0 Å². The minimum Gasteiger partial charge on any atom is -0.480 e. The average molecular weight is 723 g/mol. The van der Waals surface area contributed by atoms with Gasteiger partial charge in [-0.15, -0.1) is 23.5 Å². The molecule has 0 aromatic heterocycles. The number of nitrogens with one attached hydrogen (secondary N) is 2. The van der Waals surface area contributed by atoms with Crippen molar-refractivity contribution in [3.8, 4) is 0 Å². The molecule has 7 heteroatoms. The Bertz CT molecular complexity index is 1790. The van der Waals surface area contributed by atoms with Crippen molar-refractivity contribution in [2.24, 2.45) is 0 Å². The molecular weight excluding hydrogens is 681 g/mol. The van der Waals surface area contributed by atoms with Crippen LogP contribution in [0.5, 0.6) is 0 Å². The van der Waals surface area contributed by atoms with Crippen LogP contribution in [0, 0.1) is 0 Å². The Labute approximate surface area is 314 Å². The first-order valence-corrected chi connectivity index (χ1v) is 19.3. The summed E-state index contributed by atoms with van der Waals surface area (Å²) in [4.78, 5) is 25.9. The molecule has 0 saturated carbocycles. The van der Waals surface area contributed by atoms with Gasteiger partial charge in [-0.3, -0.25) is 4.79 Å². The molecule has 0 spiro atoms. The minimum atomic E-state index is -1.09. The highest BCUT2D eigenvalue weighted by Crippen LogP contribution is 2.49. The van der Waals surface area contributed by atoms with Gasteiger partial charge in [-0.1, -0.05) is 182 Å². The Morgan fingerprint density at radius 1 is 0.500 bits per heavy atom.